The summed E-state index contributed by atoms with van der Waals surface area (Å²) in [4.78, 5) is 11.3. The molecule has 1 aliphatic heterocycles. The molecule has 110 valence electrons. The van der Waals surface area contributed by atoms with E-state index in [1.165, 1.54) is 7.11 Å². The monoisotopic (exact) mass is 287 g/mol. The lowest BCUT2D eigenvalue weighted by Gasteiger charge is -2.26. The van der Waals surface area contributed by atoms with Crippen molar-refractivity contribution in [2.75, 3.05) is 13.7 Å². The number of carbonyl (C=O) groups excluding carboxylic acids is 1. The Morgan fingerprint density at radius 1 is 1.33 bits per heavy atom. The molecule has 1 aromatic heterocycles. The molecule has 2 heterocycles. The first-order valence-electron chi connectivity index (χ1n) is 6.90. The van der Waals surface area contributed by atoms with Gasteiger partial charge in [0.15, 0.2) is 0 Å². The molecule has 0 spiro atoms. The fourth-order valence-corrected chi connectivity index (χ4v) is 2.46. The summed E-state index contributed by atoms with van der Waals surface area (Å²) in [5.41, 5.74) is 1.16. The molecule has 0 aliphatic carbocycles. The number of furan rings is 1. The van der Waals surface area contributed by atoms with E-state index in [2.05, 4.69) is 16.1 Å². The fourth-order valence-electron chi connectivity index (χ4n) is 2.46. The maximum atomic E-state index is 11.3. The van der Waals surface area contributed by atoms with E-state index in [-0.39, 0.29) is 11.8 Å². The number of methoxy groups -OCH3 is 1. The van der Waals surface area contributed by atoms with Crippen LogP contribution in [0.25, 0.3) is 0 Å². The van der Waals surface area contributed by atoms with Gasteiger partial charge in [0.2, 0.25) is 5.76 Å². The molecule has 3 rings (SSSR count). The molecule has 0 amide bonds. The minimum absolute atomic E-state index is 0.224. The quantitative estimate of drug-likeness (QED) is 0.876. The zero-order valence-electron chi connectivity index (χ0n) is 11.8. The molecule has 2 aromatic rings. The Hall–Kier alpha value is -2.27. The van der Waals surface area contributed by atoms with Gasteiger partial charge in [-0.3, -0.25) is 0 Å². The smallest absolute Gasteiger partial charge is 0.373 e. The third kappa shape index (κ3) is 2.92. The number of nitrogens with one attached hydrogen (secondary N) is 1. The maximum Gasteiger partial charge on any atom is 0.373 e. The molecule has 5 heteroatoms. The third-order valence-corrected chi connectivity index (χ3v) is 3.53. The molecule has 0 saturated heterocycles. The second-order valence-electron chi connectivity index (χ2n) is 4.87. The summed E-state index contributed by atoms with van der Waals surface area (Å²) in [5.74, 6) is 1.40. The van der Waals surface area contributed by atoms with E-state index in [4.69, 9.17) is 9.15 Å². The van der Waals surface area contributed by atoms with Gasteiger partial charge in [0.05, 0.1) is 20.3 Å². The largest absolute Gasteiger partial charge is 0.493 e. The Balaban J connectivity index is 1.66. The van der Waals surface area contributed by atoms with Gasteiger partial charge in [-0.25, -0.2) is 4.79 Å². The number of ether oxygens (including phenoxy) is 2. The van der Waals surface area contributed by atoms with E-state index >= 15 is 0 Å². The lowest BCUT2D eigenvalue weighted by atomic mass is 10.0. The van der Waals surface area contributed by atoms with Crippen molar-refractivity contribution >= 4 is 5.97 Å². The van der Waals surface area contributed by atoms with Crippen LogP contribution in [0.15, 0.2) is 40.8 Å². The van der Waals surface area contributed by atoms with Gasteiger partial charge in [0, 0.05) is 18.0 Å². The molecule has 0 fully saturated rings. The molecule has 0 bridgehead atoms. The van der Waals surface area contributed by atoms with Crippen LogP contribution in [-0.2, 0) is 11.3 Å². The third-order valence-electron chi connectivity index (χ3n) is 3.53. The van der Waals surface area contributed by atoms with Gasteiger partial charge in [-0.2, -0.15) is 0 Å². The molecule has 21 heavy (non-hydrogen) atoms. The zero-order valence-corrected chi connectivity index (χ0v) is 11.8. The van der Waals surface area contributed by atoms with Crippen LogP contribution in [0.5, 0.6) is 5.75 Å². The first kappa shape index (κ1) is 13.7. The highest BCUT2D eigenvalue weighted by Gasteiger charge is 2.21. The fraction of sp³-hybridized carbons (Fsp3) is 0.312. The normalized spacial score (nSPS) is 16.9. The van der Waals surface area contributed by atoms with Crippen molar-refractivity contribution in [3.8, 4) is 5.75 Å². The number of hydrogen-bond donors (Lipinski definition) is 1. The number of rotatable bonds is 4. The number of para-hydroxylation sites is 1. The Labute approximate surface area is 122 Å². The van der Waals surface area contributed by atoms with Crippen LogP contribution in [0.1, 0.15) is 34.3 Å². The highest BCUT2D eigenvalue weighted by molar-refractivity contribution is 5.86. The Morgan fingerprint density at radius 3 is 3.05 bits per heavy atom. The minimum atomic E-state index is -0.460. The van der Waals surface area contributed by atoms with Crippen LogP contribution in [0, 0.1) is 0 Å². The standard InChI is InChI=1S/C16H17NO4/c1-19-16(18)15-7-6-11(21-15)10-17-13-8-9-20-14-5-3-2-4-12(13)14/h2-7,13,17H,8-10H2,1H3. The van der Waals surface area contributed by atoms with Crippen molar-refractivity contribution in [2.24, 2.45) is 0 Å². The summed E-state index contributed by atoms with van der Waals surface area (Å²) < 4.78 is 15.7. The molecule has 1 atom stereocenters. The molecular formula is C16H17NO4. The molecule has 1 aromatic carbocycles. The predicted molar refractivity (Wildman–Crippen MR) is 76.2 cm³/mol. The number of hydrogen-bond acceptors (Lipinski definition) is 5. The van der Waals surface area contributed by atoms with Gasteiger partial charge in [-0.1, -0.05) is 18.2 Å². The van der Waals surface area contributed by atoms with E-state index in [0.717, 1.165) is 17.7 Å². The van der Waals surface area contributed by atoms with Gasteiger partial charge in [0.25, 0.3) is 0 Å². The van der Waals surface area contributed by atoms with Crippen molar-refractivity contribution < 1.29 is 18.7 Å². The first-order chi connectivity index (χ1) is 10.3. The Morgan fingerprint density at radius 2 is 2.19 bits per heavy atom. The summed E-state index contributed by atoms with van der Waals surface area (Å²) in [6.07, 6.45) is 0.904. The second-order valence-corrected chi connectivity index (χ2v) is 4.87. The molecule has 1 unspecified atom stereocenters. The highest BCUT2D eigenvalue weighted by atomic mass is 16.5. The SMILES string of the molecule is COC(=O)c1ccc(CNC2CCOc3ccccc32)o1. The van der Waals surface area contributed by atoms with E-state index in [1.807, 2.05) is 18.2 Å². The van der Waals surface area contributed by atoms with Crippen molar-refractivity contribution in [1.29, 1.82) is 0 Å². The highest BCUT2D eigenvalue weighted by Crippen LogP contribution is 2.31. The average Bonchev–Trinajstić information content (AvgIpc) is 3.01. The van der Waals surface area contributed by atoms with Crippen molar-refractivity contribution in [2.45, 2.75) is 19.0 Å². The minimum Gasteiger partial charge on any atom is -0.493 e. The Kier molecular flexibility index (Phi) is 3.92. The summed E-state index contributed by atoms with van der Waals surface area (Å²) >= 11 is 0. The van der Waals surface area contributed by atoms with Crippen molar-refractivity contribution in [1.82, 2.24) is 5.32 Å². The van der Waals surface area contributed by atoms with Gasteiger partial charge in [-0.05, 0) is 18.2 Å². The first-order valence-corrected chi connectivity index (χ1v) is 6.90. The van der Waals surface area contributed by atoms with Crippen molar-refractivity contribution in [3.05, 3.63) is 53.5 Å². The van der Waals surface area contributed by atoms with Crippen LogP contribution in [0.2, 0.25) is 0 Å². The summed E-state index contributed by atoms with van der Waals surface area (Å²) in [7, 11) is 1.34. The Bertz CT molecular complexity index is 635. The molecule has 5 nitrogen and oxygen atoms in total. The average molecular weight is 287 g/mol. The number of fused-ring (bicyclic) bond motifs is 1. The van der Waals surface area contributed by atoms with Crippen LogP contribution in [-0.4, -0.2) is 19.7 Å². The molecule has 1 N–H and O–H groups in total. The lowest BCUT2D eigenvalue weighted by Crippen LogP contribution is -2.26. The number of benzene rings is 1. The number of esters is 1. The van der Waals surface area contributed by atoms with Crippen LogP contribution in [0.3, 0.4) is 0 Å². The number of carbonyl (C=O) groups is 1. The van der Waals surface area contributed by atoms with Crippen LogP contribution >= 0.6 is 0 Å². The summed E-state index contributed by atoms with van der Waals surface area (Å²) in [6.45, 7) is 1.25. The zero-order chi connectivity index (χ0) is 14.7. The molecular weight excluding hydrogens is 270 g/mol. The van der Waals surface area contributed by atoms with Gasteiger partial charge >= 0.3 is 5.97 Å². The van der Waals surface area contributed by atoms with E-state index in [9.17, 15) is 4.79 Å². The second kappa shape index (κ2) is 6.01. The van der Waals surface area contributed by atoms with Crippen molar-refractivity contribution in [3.63, 3.8) is 0 Å². The predicted octanol–water partition coefficient (Wildman–Crippen LogP) is 2.68. The topological polar surface area (TPSA) is 60.7 Å². The molecule has 1 aliphatic rings. The maximum absolute atomic E-state index is 11.3. The van der Waals surface area contributed by atoms with Gasteiger partial charge in [0.1, 0.15) is 11.5 Å². The molecule has 0 radical (unpaired) electrons. The van der Waals surface area contributed by atoms with Gasteiger partial charge < -0.3 is 19.2 Å². The van der Waals surface area contributed by atoms with E-state index < -0.39 is 5.97 Å². The van der Waals surface area contributed by atoms with E-state index in [0.29, 0.717) is 18.9 Å². The summed E-state index contributed by atoms with van der Waals surface area (Å²) in [5, 5.41) is 3.44. The van der Waals surface area contributed by atoms with Crippen LogP contribution in [0.4, 0.5) is 0 Å². The van der Waals surface area contributed by atoms with Gasteiger partial charge in [-0.15, -0.1) is 0 Å². The lowest BCUT2D eigenvalue weighted by molar-refractivity contribution is 0.0562. The van der Waals surface area contributed by atoms with E-state index in [1.54, 1.807) is 12.1 Å². The summed E-state index contributed by atoms with van der Waals surface area (Å²) in [6, 6.07) is 11.6. The van der Waals surface area contributed by atoms with Crippen LogP contribution < -0.4 is 10.1 Å². The molecule has 0 saturated carbocycles.